The number of unbranched alkanes of at least 4 members (excludes halogenated alkanes) is 6. The van der Waals surface area contributed by atoms with E-state index in [0.717, 1.165) is 0 Å². The predicted octanol–water partition coefficient (Wildman–Crippen LogP) is 10.3. The summed E-state index contributed by atoms with van der Waals surface area (Å²) in [7, 11) is 0. The van der Waals surface area contributed by atoms with Gasteiger partial charge in [-0.1, -0.05) is 172 Å². The van der Waals surface area contributed by atoms with Gasteiger partial charge >= 0.3 is 6.26 Å². The van der Waals surface area contributed by atoms with E-state index in [2.05, 4.69) is 99.7 Å². The zero-order chi connectivity index (χ0) is 24.0. The summed E-state index contributed by atoms with van der Waals surface area (Å²) in [6.07, 6.45) is 21.6. The largest absolute Gasteiger partial charge is 0.300 e. The third-order valence-corrected chi connectivity index (χ3v) is 3.34. The second-order valence-corrected chi connectivity index (χ2v) is 6.67. The van der Waals surface area contributed by atoms with Gasteiger partial charge in [-0.25, -0.2) is 0 Å². The van der Waals surface area contributed by atoms with Gasteiger partial charge < -0.3 is 4.42 Å². The normalized spacial score (nSPS) is 8.13. The summed E-state index contributed by atoms with van der Waals surface area (Å²) >= 11 is 0. The summed E-state index contributed by atoms with van der Waals surface area (Å²) in [4.78, 5) is 0. The zero-order valence-corrected chi connectivity index (χ0v) is 29.8. The van der Waals surface area contributed by atoms with Crippen LogP contribution in [0, 0.1) is 6.26 Å². The van der Waals surface area contributed by atoms with Crippen LogP contribution in [0.5, 0.6) is 0 Å². The Labute approximate surface area is 235 Å². The van der Waals surface area contributed by atoms with Gasteiger partial charge in [-0.05, 0) is 0 Å². The summed E-state index contributed by atoms with van der Waals surface area (Å²) in [5, 5.41) is 0. The Morgan fingerprint density at radius 2 is 0.645 bits per heavy atom. The molecular weight excluding hydrogens is 590 g/mol. The quantitative estimate of drug-likeness (QED) is 0.117. The van der Waals surface area contributed by atoms with E-state index < -0.39 is 0 Å². The Morgan fingerprint density at radius 1 is 0.452 bits per heavy atom. The molecule has 1 heterocycles. The monoisotopic (exact) mass is 654 g/mol. The van der Waals surface area contributed by atoms with Gasteiger partial charge in [0.15, 0.2) is 0 Å². The van der Waals surface area contributed by atoms with Crippen LogP contribution in [0.25, 0.3) is 0 Å². The first-order valence-electron chi connectivity index (χ1n) is 12.8. The van der Waals surface area contributed by atoms with Crippen molar-refractivity contribution in [2.24, 2.45) is 0 Å². The van der Waals surface area contributed by atoms with E-state index in [1.165, 1.54) is 77.0 Å². The van der Waals surface area contributed by atoms with Crippen molar-refractivity contribution in [2.45, 2.75) is 160 Å². The second-order valence-electron chi connectivity index (χ2n) is 6.67. The van der Waals surface area contributed by atoms with Crippen LogP contribution < -0.4 is 0 Å². The average molecular weight is 652 g/mol. The fourth-order valence-corrected chi connectivity index (χ4v) is 0.170. The molecule has 0 amide bonds. The molecule has 0 aromatic heterocycles. The molecule has 1 nitrogen and oxygen atoms in total. The van der Waals surface area contributed by atoms with Crippen molar-refractivity contribution in [1.82, 2.24) is 0 Å². The topological polar surface area (TPSA) is 11.3 Å². The molecule has 188 valence electrons. The number of carbonyl (C=O) groups excluding carboxylic acids is 1. The van der Waals surface area contributed by atoms with Gasteiger partial charge in [0.25, 0.3) is 0 Å². The summed E-state index contributed by atoms with van der Waals surface area (Å²) in [5.74, 6) is 2.43. The fourth-order valence-electron chi connectivity index (χ4n) is 0.170. The average Bonchev–Trinajstić information content (AvgIpc) is 3.39. The minimum absolute atomic E-state index is 0. The molecular formula is C28H62OSn2. The van der Waals surface area contributed by atoms with Crippen LogP contribution in [-0.4, -0.2) is 53.8 Å². The molecule has 31 heavy (non-hydrogen) atoms. The predicted molar refractivity (Wildman–Crippen MR) is 153 cm³/mol. The molecule has 0 bridgehead atoms. The molecule has 0 N–H and O–H groups in total. The number of hydrogen-bond acceptors (Lipinski definition) is 0. The maximum atomic E-state index is 4.33. The van der Waals surface area contributed by atoms with Crippen LogP contribution in [0.1, 0.15) is 160 Å². The van der Waals surface area contributed by atoms with Gasteiger partial charge in [0, 0.05) is 47.8 Å². The number of hydrogen-bond donors (Lipinski definition) is 0. The van der Waals surface area contributed by atoms with Crippen LogP contribution in [0.15, 0.2) is 12.2 Å². The van der Waals surface area contributed by atoms with E-state index in [4.69, 9.17) is 0 Å². The molecule has 1 aliphatic rings. The van der Waals surface area contributed by atoms with Crippen molar-refractivity contribution < 1.29 is 4.42 Å². The van der Waals surface area contributed by atoms with Gasteiger partial charge in [0.2, 0.25) is 0 Å². The van der Waals surface area contributed by atoms with Crippen molar-refractivity contribution in [3.8, 4) is 0 Å². The van der Waals surface area contributed by atoms with Gasteiger partial charge in [-0.3, -0.25) is 0 Å². The van der Waals surface area contributed by atoms with E-state index in [1.54, 1.807) is 12.2 Å². The summed E-state index contributed by atoms with van der Waals surface area (Å²) < 4.78 is 4.33. The minimum atomic E-state index is 0. The molecule has 0 aromatic rings. The number of allylic oxidation sites excluding steroid dienone is 2. The van der Waals surface area contributed by atoms with Crippen molar-refractivity contribution >= 4 is 53.8 Å². The van der Waals surface area contributed by atoms with Gasteiger partial charge in [-0.15, -0.1) is 0 Å². The molecule has 8 radical (unpaired) electrons. The molecule has 0 unspecified atom stereocenters. The van der Waals surface area contributed by atoms with Crippen LogP contribution in [0.4, 0.5) is 0 Å². The van der Waals surface area contributed by atoms with Gasteiger partial charge in [0.05, 0.1) is 0 Å². The standard InChI is InChI=1S/C4H2O.6C4H10.2Sn/c1-2-4-5-3-1;6*1-3-4-2;;/h1-2H;6*3-4H2,1-2H3;;. The second kappa shape index (κ2) is 86.3. The molecule has 0 fully saturated rings. The summed E-state index contributed by atoms with van der Waals surface area (Å²) in [6, 6.07) is 0. The van der Waals surface area contributed by atoms with E-state index in [-0.39, 0.29) is 47.8 Å². The minimum Gasteiger partial charge on any atom is -0.300 e. The Morgan fingerprint density at radius 3 is 0.677 bits per heavy atom. The maximum Gasteiger partial charge on any atom is 0.300 e. The van der Waals surface area contributed by atoms with Crippen LogP contribution >= 0.6 is 0 Å². The van der Waals surface area contributed by atoms with Gasteiger partial charge in [0.1, 0.15) is 5.94 Å². The zero-order valence-electron chi connectivity index (χ0n) is 24.0. The molecule has 1 rings (SSSR count). The fraction of sp³-hybridized carbons (Fsp3) is 0.857. The van der Waals surface area contributed by atoms with E-state index in [0.29, 0.717) is 0 Å². The molecule has 1 aliphatic heterocycles. The Bertz CT molecular complexity index is 205. The number of rotatable bonds is 6. The first-order chi connectivity index (χ1) is 14.0. The van der Waals surface area contributed by atoms with E-state index in [1.807, 2.05) is 0 Å². The first-order valence-corrected chi connectivity index (χ1v) is 12.8. The molecule has 0 saturated heterocycles. The third-order valence-electron chi connectivity index (χ3n) is 3.34. The molecule has 0 saturated carbocycles. The molecule has 0 aromatic carbocycles. The summed E-state index contributed by atoms with van der Waals surface area (Å²) in [6.45, 7) is 26.2. The Kier molecular flexibility index (Phi) is 148. The van der Waals surface area contributed by atoms with E-state index >= 15 is 0 Å². The van der Waals surface area contributed by atoms with Crippen LogP contribution in [-0.2, 0) is 4.42 Å². The molecule has 0 atom stereocenters. The maximum absolute atomic E-state index is 4.33. The SMILES string of the molecule is C1=CC=[C-][O+]=1.CCCC.CCCC.CCCC.CCCC.CCCC.CCCC.[Sn].[Sn]. The Balaban J connectivity index is -0.0000000329. The molecule has 0 aliphatic carbocycles. The van der Waals surface area contributed by atoms with E-state index in [9.17, 15) is 0 Å². The van der Waals surface area contributed by atoms with Gasteiger partial charge in [-0.2, -0.15) is 0 Å². The van der Waals surface area contributed by atoms with Crippen LogP contribution in [0.2, 0.25) is 0 Å². The Hall–Kier alpha value is 0.787. The molecule has 0 spiro atoms. The third kappa shape index (κ3) is 184. The summed E-state index contributed by atoms with van der Waals surface area (Å²) in [5.41, 5.74) is 0. The molecule has 3 heteroatoms. The first kappa shape index (κ1) is 53.2. The van der Waals surface area contributed by atoms with Crippen molar-refractivity contribution in [1.29, 1.82) is 0 Å². The smallest absolute Gasteiger partial charge is 0.300 e. The van der Waals surface area contributed by atoms with Crippen molar-refractivity contribution in [3.05, 3.63) is 18.4 Å². The van der Waals surface area contributed by atoms with Crippen molar-refractivity contribution in [3.63, 3.8) is 0 Å². The van der Waals surface area contributed by atoms with Crippen LogP contribution in [0.3, 0.4) is 0 Å². The van der Waals surface area contributed by atoms with Crippen molar-refractivity contribution in [2.75, 3.05) is 0 Å².